The number of amides is 1. The molecule has 0 aromatic carbocycles. The average Bonchev–Trinajstić information content (AvgIpc) is 2.15. The third-order valence-corrected chi connectivity index (χ3v) is 3.90. The lowest BCUT2D eigenvalue weighted by molar-refractivity contribution is -0.133. The number of nitrogens with zero attached hydrogens (tertiary/aromatic N) is 1. The Morgan fingerprint density at radius 1 is 1.57 bits per heavy atom. The van der Waals surface area contributed by atoms with E-state index in [0.29, 0.717) is 5.25 Å². The molecule has 1 fully saturated rings. The van der Waals surface area contributed by atoms with E-state index in [2.05, 4.69) is 22.2 Å². The normalized spacial score (nSPS) is 23.7. The Morgan fingerprint density at radius 3 is 2.71 bits per heavy atom. The molecule has 0 spiro atoms. The summed E-state index contributed by atoms with van der Waals surface area (Å²) in [4.78, 5) is 13.9. The molecule has 1 heterocycles. The standard InChI is InChI=1S/C10H18BrNOS/c1-10(2,11)9(13)12-6-4-5-8(7-12)14-3/h8H,4-7H2,1-3H3. The summed E-state index contributed by atoms with van der Waals surface area (Å²) in [6.45, 7) is 5.66. The van der Waals surface area contributed by atoms with Crippen LogP contribution < -0.4 is 0 Å². The zero-order chi connectivity index (χ0) is 10.8. The van der Waals surface area contributed by atoms with Gasteiger partial charge in [0.2, 0.25) is 5.91 Å². The van der Waals surface area contributed by atoms with Gasteiger partial charge in [0.25, 0.3) is 0 Å². The van der Waals surface area contributed by atoms with E-state index in [0.717, 1.165) is 19.5 Å². The molecule has 1 amide bonds. The summed E-state index contributed by atoms with van der Waals surface area (Å²) in [7, 11) is 0. The second-order valence-electron chi connectivity index (χ2n) is 4.22. The molecule has 0 aliphatic carbocycles. The first kappa shape index (κ1) is 12.4. The third kappa shape index (κ3) is 3.16. The molecule has 4 heteroatoms. The van der Waals surface area contributed by atoms with Gasteiger partial charge in [0.05, 0.1) is 4.32 Å². The Bertz CT molecular complexity index is 215. The fourth-order valence-electron chi connectivity index (χ4n) is 1.69. The van der Waals surface area contributed by atoms with Gasteiger partial charge in [-0.15, -0.1) is 0 Å². The second-order valence-corrected chi connectivity index (χ2v) is 7.34. The molecule has 1 aliphatic heterocycles. The smallest absolute Gasteiger partial charge is 0.238 e. The topological polar surface area (TPSA) is 20.3 Å². The highest BCUT2D eigenvalue weighted by molar-refractivity contribution is 9.10. The highest BCUT2D eigenvalue weighted by Gasteiger charge is 2.31. The van der Waals surface area contributed by atoms with Gasteiger partial charge in [0, 0.05) is 18.3 Å². The van der Waals surface area contributed by atoms with E-state index >= 15 is 0 Å². The van der Waals surface area contributed by atoms with Crippen molar-refractivity contribution < 1.29 is 4.79 Å². The average molecular weight is 280 g/mol. The molecular formula is C10H18BrNOS. The van der Waals surface area contributed by atoms with Crippen molar-refractivity contribution in [3.05, 3.63) is 0 Å². The van der Waals surface area contributed by atoms with E-state index in [-0.39, 0.29) is 5.91 Å². The quantitative estimate of drug-likeness (QED) is 0.724. The van der Waals surface area contributed by atoms with Crippen LogP contribution >= 0.6 is 27.7 Å². The number of rotatable bonds is 2. The van der Waals surface area contributed by atoms with Crippen LogP contribution in [0.3, 0.4) is 0 Å². The molecule has 0 radical (unpaired) electrons. The molecule has 1 saturated heterocycles. The molecule has 0 saturated carbocycles. The van der Waals surface area contributed by atoms with Crippen LogP contribution in [0.1, 0.15) is 26.7 Å². The SMILES string of the molecule is CSC1CCCN(C(=O)C(C)(C)Br)C1. The van der Waals surface area contributed by atoms with E-state index in [1.807, 2.05) is 30.5 Å². The summed E-state index contributed by atoms with van der Waals surface area (Å²) < 4.78 is -0.409. The van der Waals surface area contributed by atoms with E-state index in [1.165, 1.54) is 6.42 Å². The minimum absolute atomic E-state index is 0.219. The molecule has 0 aromatic rings. The van der Waals surface area contributed by atoms with Gasteiger partial charge in [0.1, 0.15) is 0 Å². The minimum Gasteiger partial charge on any atom is -0.340 e. The number of hydrogen-bond acceptors (Lipinski definition) is 2. The van der Waals surface area contributed by atoms with Crippen LogP contribution in [0.5, 0.6) is 0 Å². The molecule has 2 nitrogen and oxygen atoms in total. The van der Waals surface area contributed by atoms with Crippen molar-refractivity contribution in [2.24, 2.45) is 0 Å². The number of carbonyl (C=O) groups is 1. The Hall–Kier alpha value is 0.300. The van der Waals surface area contributed by atoms with Crippen molar-refractivity contribution in [2.45, 2.75) is 36.3 Å². The zero-order valence-electron chi connectivity index (χ0n) is 9.05. The van der Waals surface area contributed by atoms with Gasteiger partial charge < -0.3 is 4.90 Å². The molecule has 1 unspecified atom stereocenters. The van der Waals surface area contributed by atoms with Gasteiger partial charge in [-0.1, -0.05) is 15.9 Å². The monoisotopic (exact) mass is 279 g/mol. The molecule has 0 aromatic heterocycles. The van der Waals surface area contributed by atoms with Crippen molar-refractivity contribution in [3.63, 3.8) is 0 Å². The van der Waals surface area contributed by atoms with Crippen molar-refractivity contribution in [2.75, 3.05) is 19.3 Å². The Kier molecular flexibility index (Phi) is 4.31. The summed E-state index contributed by atoms with van der Waals surface area (Å²) in [6.07, 6.45) is 4.51. The molecule has 14 heavy (non-hydrogen) atoms. The molecule has 1 atom stereocenters. The molecule has 0 N–H and O–H groups in total. The van der Waals surface area contributed by atoms with E-state index in [9.17, 15) is 4.79 Å². The van der Waals surface area contributed by atoms with Crippen molar-refractivity contribution in [1.82, 2.24) is 4.90 Å². The van der Waals surface area contributed by atoms with Gasteiger partial charge >= 0.3 is 0 Å². The van der Waals surface area contributed by atoms with Gasteiger partial charge in [0.15, 0.2) is 0 Å². The highest BCUT2D eigenvalue weighted by atomic mass is 79.9. The van der Waals surface area contributed by atoms with Crippen molar-refractivity contribution >= 4 is 33.6 Å². The van der Waals surface area contributed by atoms with Crippen LogP contribution in [0.25, 0.3) is 0 Å². The number of hydrogen-bond donors (Lipinski definition) is 0. The number of likely N-dealkylation sites (tertiary alicyclic amines) is 1. The largest absolute Gasteiger partial charge is 0.340 e. The lowest BCUT2D eigenvalue weighted by Crippen LogP contribution is -2.47. The molecule has 82 valence electrons. The number of thioether (sulfide) groups is 1. The van der Waals surface area contributed by atoms with Crippen LogP contribution in [0.2, 0.25) is 0 Å². The first-order valence-electron chi connectivity index (χ1n) is 4.96. The Balaban J connectivity index is 2.56. The maximum absolute atomic E-state index is 12.0. The number of piperidine rings is 1. The molecule has 1 aliphatic rings. The zero-order valence-corrected chi connectivity index (χ0v) is 11.4. The summed E-state index contributed by atoms with van der Waals surface area (Å²) in [6, 6.07) is 0. The Morgan fingerprint density at radius 2 is 2.21 bits per heavy atom. The van der Waals surface area contributed by atoms with Crippen molar-refractivity contribution in [3.8, 4) is 0 Å². The van der Waals surface area contributed by atoms with Crippen LogP contribution in [0.15, 0.2) is 0 Å². The molecule has 1 rings (SSSR count). The van der Waals surface area contributed by atoms with Gasteiger partial charge in [-0.2, -0.15) is 11.8 Å². The second kappa shape index (κ2) is 4.88. The maximum atomic E-state index is 12.0. The lowest BCUT2D eigenvalue weighted by atomic mass is 10.1. The number of carbonyl (C=O) groups excluding carboxylic acids is 1. The fraction of sp³-hybridized carbons (Fsp3) is 0.900. The fourth-order valence-corrected chi connectivity index (χ4v) is 2.67. The third-order valence-electron chi connectivity index (χ3n) is 2.51. The van der Waals surface area contributed by atoms with Crippen LogP contribution in [0.4, 0.5) is 0 Å². The van der Waals surface area contributed by atoms with Gasteiger partial charge in [-0.25, -0.2) is 0 Å². The van der Waals surface area contributed by atoms with Crippen LogP contribution in [0, 0.1) is 0 Å². The molecular weight excluding hydrogens is 262 g/mol. The van der Waals surface area contributed by atoms with Gasteiger partial charge in [-0.3, -0.25) is 4.79 Å². The summed E-state index contributed by atoms with van der Waals surface area (Å²) >= 11 is 5.29. The summed E-state index contributed by atoms with van der Waals surface area (Å²) in [5.41, 5.74) is 0. The minimum atomic E-state index is -0.409. The molecule has 0 bridgehead atoms. The summed E-state index contributed by atoms with van der Waals surface area (Å²) in [5.74, 6) is 0.219. The van der Waals surface area contributed by atoms with E-state index in [1.54, 1.807) is 0 Å². The predicted octanol–water partition coefficient (Wildman–Crippen LogP) is 2.51. The lowest BCUT2D eigenvalue weighted by Gasteiger charge is -2.35. The predicted molar refractivity (Wildman–Crippen MR) is 66.1 cm³/mol. The van der Waals surface area contributed by atoms with E-state index < -0.39 is 4.32 Å². The Labute approximate surface area is 98.9 Å². The van der Waals surface area contributed by atoms with Crippen LogP contribution in [-0.4, -0.2) is 39.7 Å². The first-order valence-corrected chi connectivity index (χ1v) is 7.04. The maximum Gasteiger partial charge on any atom is 0.238 e. The van der Waals surface area contributed by atoms with Crippen molar-refractivity contribution in [1.29, 1.82) is 0 Å². The summed E-state index contributed by atoms with van der Waals surface area (Å²) in [5, 5.41) is 0.627. The number of halogens is 1. The van der Waals surface area contributed by atoms with Crippen LogP contribution in [-0.2, 0) is 4.79 Å². The van der Waals surface area contributed by atoms with Gasteiger partial charge in [-0.05, 0) is 32.9 Å². The number of alkyl halides is 1. The highest BCUT2D eigenvalue weighted by Crippen LogP contribution is 2.25. The first-order chi connectivity index (χ1) is 6.45. The van der Waals surface area contributed by atoms with E-state index in [4.69, 9.17) is 0 Å².